The molecule has 0 unspecified atom stereocenters. The number of amides is 1. The number of hydrogen-bond donors (Lipinski definition) is 0. The normalized spacial score (nSPS) is 11.0. The van der Waals surface area contributed by atoms with Gasteiger partial charge in [0, 0.05) is 6.92 Å². The van der Waals surface area contributed by atoms with Crippen LogP contribution in [0.2, 0.25) is 0 Å². The fourth-order valence-electron chi connectivity index (χ4n) is 0.499. The van der Waals surface area contributed by atoms with Crippen molar-refractivity contribution >= 4 is 15.9 Å². The molecule has 0 bridgehead atoms. The predicted octanol–water partition coefficient (Wildman–Crippen LogP) is -0.123. The molecule has 0 rings (SSSR count). The van der Waals surface area contributed by atoms with Crippen LogP contribution in [0.4, 0.5) is 0 Å². The molecule has 0 aromatic rings. The lowest BCUT2D eigenvalue weighted by molar-refractivity contribution is -0.117. The number of carbonyl (C=O) groups is 1. The molecule has 0 heterocycles. The van der Waals surface area contributed by atoms with Gasteiger partial charge in [0.1, 0.15) is 0 Å². The smallest absolute Gasteiger partial charge is 0.256 e. The summed E-state index contributed by atoms with van der Waals surface area (Å²) in [5.41, 5.74) is 0. The van der Waals surface area contributed by atoms with Gasteiger partial charge in [0.2, 0.25) is 0 Å². The highest BCUT2D eigenvalue weighted by atomic mass is 32.2. The summed E-state index contributed by atoms with van der Waals surface area (Å²) in [6.07, 6.45) is 0.485. The van der Waals surface area contributed by atoms with Gasteiger partial charge in [0.05, 0.1) is 5.75 Å². The maximum absolute atomic E-state index is 10.7. The lowest BCUT2D eigenvalue weighted by Gasteiger charge is -1.96. The first-order valence-electron chi connectivity index (χ1n) is 2.94. The summed E-state index contributed by atoms with van der Waals surface area (Å²) < 4.78 is 24.2. The SMILES string of the molecule is CCCS(=O)(=O)[N]C(C)=O. The van der Waals surface area contributed by atoms with Crippen molar-refractivity contribution in [3.8, 4) is 0 Å². The molecule has 0 saturated heterocycles. The van der Waals surface area contributed by atoms with E-state index in [1.165, 1.54) is 0 Å². The monoisotopic (exact) mass is 164 g/mol. The molecular weight excluding hydrogens is 154 g/mol. The van der Waals surface area contributed by atoms with Crippen LogP contribution in [0.1, 0.15) is 20.3 Å². The van der Waals surface area contributed by atoms with Gasteiger partial charge in [-0.2, -0.15) is 0 Å². The molecule has 1 amide bonds. The molecule has 59 valence electrons. The van der Waals surface area contributed by atoms with Crippen LogP contribution in [-0.2, 0) is 14.8 Å². The summed E-state index contributed by atoms with van der Waals surface area (Å²) in [5, 5.41) is 0. The van der Waals surface area contributed by atoms with Crippen molar-refractivity contribution in [1.29, 1.82) is 0 Å². The van der Waals surface area contributed by atoms with E-state index in [1.807, 2.05) is 0 Å². The zero-order valence-corrected chi connectivity index (χ0v) is 6.81. The van der Waals surface area contributed by atoms with E-state index >= 15 is 0 Å². The number of sulfonamides is 1. The molecule has 0 atom stereocenters. The van der Waals surface area contributed by atoms with Gasteiger partial charge in [0.25, 0.3) is 15.9 Å². The molecule has 0 aromatic carbocycles. The molecule has 0 aliphatic heterocycles. The Labute approximate surface area is 60.7 Å². The van der Waals surface area contributed by atoms with E-state index in [1.54, 1.807) is 6.92 Å². The first-order chi connectivity index (χ1) is 4.48. The molecule has 5 heteroatoms. The van der Waals surface area contributed by atoms with Gasteiger partial charge in [-0.3, -0.25) is 4.79 Å². The fraction of sp³-hybridized carbons (Fsp3) is 0.800. The average Bonchev–Trinajstić information content (AvgIpc) is 1.59. The van der Waals surface area contributed by atoms with E-state index in [2.05, 4.69) is 4.72 Å². The van der Waals surface area contributed by atoms with E-state index in [0.717, 1.165) is 6.92 Å². The van der Waals surface area contributed by atoms with Crippen LogP contribution < -0.4 is 4.72 Å². The number of rotatable bonds is 3. The minimum Gasteiger partial charge on any atom is -0.272 e. The fourth-order valence-corrected chi connectivity index (χ4v) is 1.50. The van der Waals surface area contributed by atoms with Crippen LogP contribution in [0.25, 0.3) is 0 Å². The van der Waals surface area contributed by atoms with E-state index in [4.69, 9.17) is 0 Å². The van der Waals surface area contributed by atoms with Crippen molar-refractivity contribution in [1.82, 2.24) is 4.72 Å². The highest BCUT2D eigenvalue weighted by molar-refractivity contribution is 7.89. The quantitative estimate of drug-likeness (QED) is 0.584. The minimum absolute atomic E-state index is 0.0490. The van der Waals surface area contributed by atoms with E-state index in [0.29, 0.717) is 6.42 Å². The highest BCUT2D eigenvalue weighted by Crippen LogP contribution is 1.89. The third-order valence-electron chi connectivity index (χ3n) is 0.730. The zero-order valence-electron chi connectivity index (χ0n) is 5.99. The van der Waals surface area contributed by atoms with Gasteiger partial charge in [-0.25, -0.2) is 8.42 Å². The van der Waals surface area contributed by atoms with E-state index in [9.17, 15) is 13.2 Å². The van der Waals surface area contributed by atoms with Crippen LogP contribution >= 0.6 is 0 Å². The summed E-state index contributed by atoms with van der Waals surface area (Å²) in [7, 11) is -3.46. The Hall–Kier alpha value is -0.580. The van der Waals surface area contributed by atoms with Crippen molar-refractivity contribution in [3.63, 3.8) is 0 Å². The third kappa shape index (κ3) is 4.31. The Morgan fingerprint density at radius 3 is 2.30 bits per heavy atom. The summed E-state index contributed by atoms with van der Waals surface area (Å²) in [6.45, 7) is 2.83. The van der Waals surface area contributed by atoms with Gasteiger partial charge < -0.3 is 0 Å². The van der Waals surface area contributed by atoms with Crippen LogP contribution in [0.15, 0.2) is 0 Å². The van der Waals surface area contributed by atoms with Crippen LogP contribution in [0.5, 0.6) is 0 Å². The van der Waals surface area contributed by atoms with Crippen LogP contribution in [-0.4, -0.2) is 20.1 Å². The van der Waals surface area contributed by atoms with Crippen molar-refractivity contribution < 1.29 is 13.2 Å². The Morgan fingerprint density at radius 2 is 2.00 bits per heavy atom. The summed E-state index contributed by atoms with van der Waals surface area (Å²) >= 11 is 0. The Kier molecular flexibility index (Phi) is 3.35. The molecular formula is C5H10NO3S. The maximum Gasteiger partial charge on any atom is 0.256 e. The Bertz CT molecular complexity index is 207. The molecule has 0 saturated carbocycles. The molecule has 0 N–H and O–H groups in total. The predicted molar refractivity (Wildman–Crippen MR) is 36.9 cm³/mol. The van der Waals surface area contributed by atoms with Crippen molar-refractivity contribution in [2.75, 3.05) is 5.75 Å². The maximum atomic E-state index is 10.7. The van der Waals surface area contributed by atoms with Gasteiger partial charge in [-0.15, -0.1) is 4.72 Å². The minimum atomic E-state index is -3.46. The summed E-state index contributed by atoms with van der Waals surface area (Å²) in [5.74, 6) is -0.708. The molecule has 0 aliphatic rings. The first-order valence-corrected chi connectivity index (χ1v) is 4.55. The van der Waals surface area contributed by atoms with E-state index in [-0.39, 0.29) is 5.75 Å². The van der Waals surface area contributed by atoms with Crippen LogP contribution in [0, 0.1) is 0 Å². The number of nitrogens with zero attached hydrogens (tertiary/aromatic N) is 1. The molecule has 10 heavy (non-hydrogen) atoms. The second-order valence-corrected chi connectivity index (χ2v) is 3.65. The highest BCUT2D eigenvalue weighted by Gasteiger charge is 2.11. The largest absolute Gasteiger partial charge is 0.272 e. The standard InChI is InChI=1S/C5H10NO3S/c1-3-4-10(8,9)6-5(2)7/h3-4H2,1-2H3. The Morgan fingerprint density at radius 1 is 1.50 bits per heavy atom. The van der Waals surface area contributed by atoms with Gasteiger partial charge in [-0.1, -0.05) is 6.92 Å². The molecule has 4 nitrogen and oxygen atoms in total. The van der Waals surface area contributed by atoms with Crippen molar-refractivity contribution in [3.05, 3.63) is 0 Å². The van der Waals surface area contributed by atoms with E-state index < -0.39 is 15.9 Å². The lowest BCUT2D eigenvalue weighted by atomic mass is 10.6. The topological polar surface area (TPSA) is 65.3 Å². The number of carbonyl (C=O) groups excluding carboxylic acids is 1. The van der Waals surface area contributed by atoms with Gasteiger partial charge >= 0.3 is 0 Å². The zero-order chi connectivity index (χ0) is 8.20. The Balaban J connectivity index is 4.02. The summed E-state index contributed by atoms with van der Waals surface area (Å²) in [4.78, 5) is 10.2. The van der Waals surface area contributed by atoms with Gasteiger partial charge in [-0.05, 0) is 6.42 Å². The first kappa shape index (κ1) is 9.42. The molecule has 1 radical (unpaired) electrons. The summed E-state index contributed by atoms with van der Waals surface area (Å²) in [6, 6.07) is 0. The molecule has 0 fully saturated rings. The molecule has 0 spiro atoms. The third-order valence-corrected chi connectivity index (χ3v) is 2.19. The van der Waals surface area contributed by atoms with Crippen molar-refractivity contribution in [2.45, 2.75) is 20.3 Å². The molecule has 0 aliphatic carbocycles. The van der Waals surface area contributed by atoms with Crippen LogP contribution in [0.3, 0.4) is 0 Å². The average molecular weight is 164 g/mol. The lowest BCUT2D eigenvalue weighted by Crippen LogP contribution is -2.23. The van der Waals surface area contributed by atoms with Crippen molar-refractivity contribution in [2.24, 2.45) is 0 Å². The second kappa shape index (κ2) is 3.55. The second-order valence-electron chi connectivity index (χ2n) is 1.90. The van der Waals surface area contributed by atoms with Gasteiger partial charge in [0.15, 0.2) is 0 Å². The number of hydrogen-bond acceptors (Lipinski definition) is 3. The molecule has 0 aromatic heterocycles.